The average Bonchev–Trinajstić information content (AvgIpc) is 2.38. The van der Waals surface area contributed by atoms with Crippen LogP contribution in [0, 0.1) is 0 Å². The molecule has 1 fully saturated rings. The van der Waals surface area contributed by atoms with Crippen LogP contribution >= 0.6 is 11.6 Å². The normalized spacial score (nSPS) is 15.8. The molecular weight excluding hydrogens is 238 g/mol. The van der Waals surface area contributed by atoms with Crippen LogP contribution < -0.4 is 11.1 Å². The van der Waals surface area contributed by atoms with Gasteiger partial charge in [-0.15, -0.1) is 0 Å². The lowest BCUT2D eigenvalue weighted by Gasteiger charge is -2.24. The Morgan fingerprint density at radius 1 is 1.35 bits per heavy atom. The zero-order valence-electron chi connectivity index (χ0n) is 9.79. The van der Waals surface area contributed by atoms with Crippen molar-refractivity contribution >= 4 is 29.8 Å². The Balaban J connectivity index is 0.000000686. The van der Waals surface area contributed by atoms with Gasteiger partial charge in [-0.3, -0.25) is 0 Å². The zero-order valence-corrected chi connectivity index (χ0v) is 10.5. The summed E-state index contributed by atoms with van der Waals surface area (Å²) in [4.78, 5) is 11.9. The van der Waals surface area contributed by atoms with E-state index >= 15 is 0 Å². The first kappa shape index (κ1) is 13.8. The van der Waals surface area contributed by atoms with Crippen LogP contribution in [0.1, 0.15) is 32.1 Å². The molecular formula is C12H18ClN3O. The number of nitrogens with one attached hydrogen (secondary N) is 1. The molecule has 0 radical (unpaired) electrons. The van der Waals surface area contributed by atoms with Crippen molar-refractivity contribution < 1.29 is 4.79 Å². The average molecular weight is 256 g/mol. The third-order valence-electron chi connectivity index (χ3n) is 2.87. The molecule has 0 atom stereocenters. The molecule has 1 aromatic rings. The molecule has 0 aliphatic heterocycles. The highest BCUT2D eigenvalue weighted by molar-refractivity contribution is 6.29. The number of carbonyl (C=O) groups is 1. The van der Waals surface area contributed by atoms with Gasteiger partial charge in [0.2, 0.25) is 0 Å². The van der Waals surface area contributed by atoms with E-state index in [0.29, 0.717) is 16.9 Å². The summed E-state index contributed by atoms with van der Waals surface area (Å²) < 4.78 is 0. The Kier molecular flexibility index (Phi) is 5.77. The summed E-state index contributed by atoms with van der Waals surface area (Å²) in [5.74, 6) is 0. The minimum absolute atomic E-state index is 0.488. The largest absolute Gasteiger partial charge is 0.396 e. The van der Waals surface area contributed by atoms with Crippen molar-refractivity contribution in [2.24, 2.45) is 0 Å². The molecule has 0 saturated heterocycles. The third-order valence-corrected chi connectivity index (χ3v) is 3.07. The van der Waals surface area contributed by atoms with Crippen LogP contribution in [0.4, 0.5) is 11.4 Å². The maximum Gasteiger partial charge on any atom is 0.131 e. The van der Waals surface area contributed by atoms with Gasteiger partial charge in [0.05, 0.1) is 17.6 Å². The summed E-state index contributed by atoms with van der Waals surface area (Å²) in [6, 6.07) is 2.34. The van der Waals surface area contributed by atoms with E-state index in [9.17, 15) is 0 Å². The number of nitrogens with zero attached hydrogens (tertiary/aromatic N) is 1. The van der Waals surface area contributed by atoms with Gasteiger partial charge >= 0.3 is 0 Å². The molecule has 1 aromatic heterocycles. The second-order valence-electron chi connectivity index (χ2n) is 4.07. The number of anilines is 2. The molecule has 0 spiro atoms. The van der Waals surface area contributed by atoms with Crippen LogP contribution in [0.3, 0.4) is 0 Å². The molecule has 4 nitrogen and oxygen atoms in total. The van der Waals surface area contributed by atoms with Crippen LogP contribution in [-0.4, -0.2) is 17.8 Å². The van der Waals surface area contributed by atoms with Crippen molar-refractivity contribution in [3.05, 3.63) is 17.4 Å². The molecule has 0 bridgehead atoms. The third kappa shape index (κ3) is 4.23. The van der Waals surface area contributed by atoms with Gasteiger partial charge < -0.3 is 15.8 Å². The summed E-state index contributed by atoms with van der Waals surface area (Å²) in [7, 11) is 0. The van der Waals surface area contributed by atoms with E-state index in [1.54, 1.807) is 12.3 Å². The Morgan fingerprint density at radius 3 is 2.65 bits per heavy atom. The van der Waals surface area contributed by atoms with Gasteiger partial charge in [-0.2, -0.15) is 0 Å². The second-order valence-corrected chi connectivity index (χ2v) is 4.46. The summed E-state index contributed by atoms with van der Waals surface area (Å²) in [6.07, 6.45) is 8.00. The Labute approximate surface area is 107 Å². The maximum absolute atomic E-state index is 8.00. The lowest BCUT2D eigenvalue weighted by atomic mass is 9.95. The van der Waals surface area contributed by atoms with E-state index in [4.69, 9.17) is 22.1 Å². The second kappa shape index (κ2) is 7.12. The molecule has 1 aliphatic rings. The van der Waals surface area contributed by atoms with Gasteiger partial charge in [0.15, 0.2) is 0 Å². The fourth-order valence-corrected chi connectivity index (χ4v) is 2.19. The first-order chi connectivity index (χ1) is 8.25. The molecule has 1 saturated carbocycles. The number of aromatic nitrogens is 1. The number of hydrogen-bond donors (Lipinski definition) is 2. The van der Waals surface area contributed by atoms with E-state index in [2.05, 4.69) is 10.3 Å². The quantitative estimate of drug-likeness (QED) is 0.798. The highest BCUT2D eigenvalue weighted by atomic mass is 35.5. The van der Waals surface area contributed by atoms with Crippen molar-refractivity contribution in [2.45, 2.75) is 38.1 Å². The van der Waals surface area contributed by atoms with E-state index in [-0.39, 0.29) is 0 Å². The Bertz CT molecular complexity index is 354. The first-order valence-corrected chi connectivity index (χ1v) is 6.10. The van der Waals surface area contributed by atoms with Crippen molar-refractivity contribution in [1.82, 2.24) is 4.98 Å². The summed E-state index contributed by atoms with van der Waals surface area (Å²) >= 11 is 5.83. The number of rotatable bonds is 2. The highest BCUT2D eigenvalue weighted by Gasteiger charge is 2.14. The van der Waals surface area contributed by atoms with Crippen LogP contribution in [0.2, 0.25) is 5.15 Å². The molecule has 0 unspecified atom stereocenters. The predicted molar refractivity (Wildman–Crippen MR) is 71.3 cm³/mol. The Hall–Kier alpha value is -1.29. The number of pyridine rings is 1. The van der Waals surface area contributed by atoms with Crippen molar-refractivity contribution in [3.8, 4) is 0 Å². The fourth-order valence-electron chi connectivity index (χ4n) is 2.03. The van der Waals surface area contributed by atoms with Gasteiger partial charge in [0.25, 0.3) is 0 Å². The standard InChI is InChI=1S/C11H16ClN3.CH2O/c12-11-6-10(9(13)7-14-11)15-8-4-2-1-3-5-8;1-2/h6-8H,1-5,13H2,(H,14,15);1H2. The monoisotopic (exact) mass is 255 g/mol. The summed E-state index contributed by atoms with van der Waals surface area (Å²) in [5.41, 5.74) is 7.41. The predicted octanol–water partition coefficient (Wildman–Crippen LogP) is 2.88. The fraction of sp³-hybridized carbons (Fsp3) is 0.500. The molecule has 5 heteroatoms. The molecule has 2 rings (SSSR count). The molecule has 1 heterocycles. The van der Waals surface area contributed by atoms with Crippen LogP contribution in [0.25, 0.3) is 0 Å². The van der Waals surface area contributed by atoms with Crippen molar-refractivity contribution in [1.29, 1.82) is 0 Å². The zero-order chi connectivity index (χ0) is 12.7. The van der Waals surface area contributed by atoms with E-state index in [0.717, 1.165) is 5.69 Å². The number of nitrogens with two attached hydrogens (primary N) is 1. The molecule has 0 amide bonds. The SMILES string of the molecule is C=O.Nc1cnc(Cl)cc1NC1CCCCC1. The van der Waals surface area contributed by atoms with Gasteiger partial charge in [0, 0.05) is 12.1 Å². The van der Waals surface area contributed by atoms with Crippen LogP contribution in [-0.2, 0) is 4.79 Å². The summed E-state index contributed by atoms with van der Waals surface area (Å²) in [5, 5.41) is 3.93. The number of halogens is 1. The topological polar surface area (TPSA) is 68.0 Å². The van der Waals surface area contributed by atoms with Crippen molar-refractivity contribution in [2.75, 3.05) is 11.1 Å². The minimum atomic E-state index is 0.488. The van der Waals surface area contributed by atoms with Crippen LogP contribution in [0.5, 0.6) is 0 Å². The molecule has 3 N–H and O–H groups in total. The Morgan fingerprint density at radius 2 is 2.00 bits per heavy atom. The highest BCUT2D eigenvalue weighted by Crippen LogP contribution is 2.26. The number of hydrogen-bond acceptors (Lipinski definition) is 4. The van der Waals surface area contributed by atoms with Gasteiger partial charge in [-0.05, 0) is 12.8 Å². The minimum Gasteiger partial charge on any atom is -0.396 e. The van der Waals surface area contributed by atoms with Gasteiger partial charge in [-0.25, -0.2) is 4.98 Å². The van der Waals surface area contributed by atoms with Gasteiger partial charge in [0.1, 0.15) is 11.9 Å². The lowest BCUT2D eigenvalue weighted by Crippen LogP contribution is -2.22. The molecule has 94 valence electrons. The van der Waals surface area contributed by atoms with Gasteiger partial charge in [-0.1, -0.05) is 30.9 Å². The summed E-state index contributed by atoms with van der Waals surface area (Å²) in [6.45, 7) is 2.00. The smallest absolute Gasteiger partial charge is 0.131 e. The van der Waals surface area contributed by atoms with E-state index in [1.165, 1.54) is 32.1 Å². The molecule has 1 aliphatic carbocycles. The molecule has 0 aromatic carbocycles. The van der Waals surface area contributed by atoms with E-state index in [1.807, 2.05) is 6.79 Å². The van der Waals surface area contributed by atoms with Crippen LogP contribution in [0.15, 0.2) is 12.3 Å². The van der Waals surface area contributed by atoms with E-state index < -0.39 is 0 Å². The molecule has 17 heavy (non-hydrogen) atoms. The first-order valence-electron chi connectivity index (χ1n) is 5.72. The maximum atomic E-state index is 8.00. The van der Waals surface area contributed by atoms with Crippen molar-refractivity contribution in [3.63, 3.8) is 0 Å². The number of nitrogen functional groups attached to an aromatic ring is 1. The number of carbonyl (C=O) groups excluding carboxylic acids is 1. The lowest BCUT2D eigenvalue weighted by molar-refractivity contribution is -0.0979.